The molecule has 172 valence electrons. The zero-order chi connectivity index (χ0) is 23.5. The van der Waals surface area contributed by atoms with Crippen LogP contribution in [-0.4, -0.2) is 39.2 Å². The first-order chi connectivity index (χ1) is 15.9. The molecule has 6 nitrogen and oxygen atoms in total. The molecule has 0 radical (unpaired) electrons. The average molecular weight is 463 g/mol. The van der Waals surface area contributed by atoms with Gasteiger partial charge in [0, 0.05) is 29.8 Å². The van der Waals surface area contributed by atoms with Crippen LogP contribution in [0.3, 0.4) is 0 Å². The summed E-state index contributed by atoms with van der Waals surface area (Å²) in [7, 11) is 1.41. The van der Waals surface area contributed by atoms with Crippen molar-refractivity contribution in [3.05, 3.63) is 82.9 Å². The lowest BCUT2D eigenvalue weighted by molar-refractivity contribution is -0.140. The highest BCUT2D eigenvalue weighted by Gasteiger charge is 2.41. The number of carbonyl (C=O) groups excluding carboxylic acids is 1. The first-order valence-electron chi connectivity index (χ1n) is 11.3. The van der Waals surface area contributed by atoms with E-state index in [2.05, 4.69) is 70.9 Å². The number of hydrogen-bond acceptors (Lipinski definition) is 4. The number of nitrogens with zero attached hydrogens (tertiary/aromatic N) is 3. The van der Waals surface area contributed by atoms with Crippen LogP contribution in [0.25, 0.3) is 5.69 Å². The highest BCUT2D eigenvalue weighted by molar-refractivity contribution is 7.80. The van der Waals surface area contributed by atoms with E-state index in [1.807, 2.05) is 18.2 Å². The number of thiocarbonyl (C=S) groups is 1. The lowest BCUT2D eigenvalue weighted by Gasteiger charge is -2.28. The maximum Gasteiger partial charge on any atom is 0.307 e. The van der Waals surface area contributed by atoms with Crippen molar-refractivity contribution in [3.8, 4) is 5.69 Å². The molecular weight excluding hydrogens is 432 g/mol. The molecule has 1 fully saturated rings. The molecule has 2 aromatic heterocycles. The van der Waals surface area contributed by atoms with Crippen LogP contribution < -0.4 is 5.32 Å². The number of methoxy groups -OCH3 is 1. The quantitative estimate of drug-likeness (QED) is 0.410. The number of ether oxygens (including phenoxy) is 1. The smallest absolute Gasteiger partial charge is 0.307 e. The van der Waals surface area contributed by atoms with E-state index in [1.54, 1.807) is 6.20 Å². The molecule has 4 rings (SSSR count). The number of pyridine rings is 1. The Hall–Kier alpha value is -3.19. The van der Waals surface area contributed by atoms with Gasteiger partial charge in [-0.3, -0.25) is 9.78 Å². The summed E-state index contributed by atoms with van der Waals surface area (Å²) in [6.07, 6.45) is 3.08. The van der Waals surface area contributed by atoms with Crippen LogP contribution in [0.2, 0.25) is 0 Å². The lowest BCUT2D eigenvalue weighted by atomic mass is 9.96. The average Bonchev–Trinajstić information content (AvgIpc) is 3.32. The first kappa shape index (κ1) is 23.0. The molecule has 3 heterocycles. The Labute approximate surface area is 200 Å². The minimum Gasteiger partial charge on any atom is -0.469 e. The summed E-state index contributed by atoms with van der Waals surface area (Å²) in [6, 6.07) is 16.6. The van der Waals surface area contributed by atoms with Crippen LogP contribution >= 0.6 is 12.2 Å². The van der Waals surface area contributed by atoms with E-state index in [-0.39, 0.29) is 24.5 Å². The normalized spacial score (nSPS) is 17.8. The maximum atomic E-state index is 11.9. The van der Waals surface area contributed by atoms with Gasteiger partial charge in [0.05, 0.1) is 31.3 Å². The number of esters is 1. The monoisotopic (exact) mass is 462 g/mol. The molecule has 1 aliphatic rings. The van der Waals surface area contributed by atoms with Crippen molar-refractivity contribution in [1.29, 1.82) is 0 Å². The van der Waals surface area contributed by atoms with Gasteiger partial charge in [0.2, 0.25) is 0 Å². The largest absolute Gasteiger partial charge is 0.469 e. The third kappa shape index (κ3) is 4.50. The van der Waals surface area contributed by atoms with Gasteiger partial charge >= 0.3 is 5.97 Å². The number of hydrogen-bond donors (Lipinski definition) is 1. The Bertz CT molecular complexity index is 1140. The van der Waals surface area contributed by atoms with Crippen molar-refractivity contribution in [1.82, 2.24) is 19.8 Å². The maximum absolute atomic E-state index is 11.9. The van der Waals surface area contributed by atoms with Gasteiger partial charge in [-0.15, -0.1) is 0 Å². The Morgan fingerprint density at radius 2 is 1.94 bits per heavy atom. The van der Waals surface area contributed by atoms with Gasteiger partial charge in [-0.05, 0) is 73.9 Å². The van der Waals surface area contributed by atoms with Gasteiger partial charge in [0.15, 0.2) is 5.11 Å². The van der Waals surface area contributed by atoms with E-state index in [4.69, 9.17) is 17.0 Å². The summed E-state index contributed by atoms with van der Waals surface area (Å²) < 4.78 is 7.16. The Morgan fingerprint density at radius 3 is 2.58 bits per heavy atom. The molecule has 0 aliphatic carbocycles. The molecule has 3 aromatic rings. The summed E-state index contributed by atoms with van der Waals surface area (Å²) in [6.45, 7) is 6.90. The predicted octanol–water partition coefficient (Wildman–Crippen LogP) is 4.59. The van der Waals surface area contributed by atoms with E-state index in [9.17, 15) is 4.79 Å². The molecule has 7 heteroatoms. The standard InChI is InChI=1S/C26H30N4O2S/c1-5-19-9-11-20(12-10-19)30-17(2)16-21(18(30)3)25-24(22-8-6-7-14-27-22)28-26(33)29(25)15-13-23(31)32-4/h6-12,14,16,24-25H,5,13,15H2,1-4H3,(H,28,33)/t24-,25+/m1/s1. The molecule has 1 saturated heterocycles. The van der Waals surface area contributed by atoms with Crippen LogP contribution in [0.15, 0.2) is 54.7 Å². The zero-order valence-corrected chi connectivity index (χ0v) is 20.4. The fraction of sp³-hybridized carbons (Fsp3) is 0.346. The first-order valence-corrected chi connectivity index (χ1v) is 11.7. The van der Waals surface area contributed by atoms with Gasteiger partial charge in [0.1, 0.15) is 0 Å². The van der Waals surface area contributed by atoms with Crippen LogP contribution in [0.4, 0.5) is 0 Å². The predicted molar refractivity (Wildman–Crippen MR) is 133 cm³/mol. The fourth-order valence-electron chi connectivity index (χ4n) is 4.66. The van der Waals surface area contributed by atoms with E-state index in [0.717, 1.165) is 29.2 Å². The minimum atomic E-state index is -0.251. The Kier molecular flexibility index (Phi) is 6.79. The van der Waals surface area contributed by atoms with Crippen molar-refractivity contribution in [2.75, 3.05) is 13.7 Å². The van der Waals surface area contributed by atoms with Crippen LogP contribution in [-0.2, 0) is 16.0 Å². The van der Waals surface area contributed by atoms with Gasteiger partial charge in [-0.25, -0.2) is 0 Å². The highest BCUT2D eigenvalue weighted by atomic mass is 32.1. The third-order valence-corrected chi connectivity index (χ3v) is 6.73. The molecule has 0 spiro atoms. The third-order valence-electron chi connectivity index (χ3n) is 6.37. The molecule has 1 aromatic carbocycles. The zero-order valence-electron chi connectivity index (χ0n) is 19.5. The second kappa shape index (κ2) is 9.75. The van der Waals surface area contributed by atoms with E-state index in [1.165, 1.54) is 18.2 Å². The number of nitrogens with one attached hydrogen (secondary N) is 1. The number of benzene rings is 1. The van der Waals surface area contributed by atoms with Gasteiger partial charge < -0.3 is 19.5 Å². The summed E-state index contributed by atoms with van der Waals surface area (Å²) >= 11 is 5.71. The molecule has 0 bridgehead atoms. The molecule has 1 N–H and O–H groups in total. The van der Waals surface area contributed by atoms with E-state index in [0.29, 0.717) is 11.7 Å². The van der Waals surface area contributed by atoms with Crippen molar-refractivity contribution in [2.24, 2.45) is 0 Å². The molecule has 0 saturated carbocycles. The molecular formula is C26H30N4O2S. The van der Waals surface area contributed by atoms with Crippen molar-refractivity contribution >= 4 is 23.3 Å². The number of carbonyl (C=O) groups is 1. The highest BCUT2D eigenvalue weighted by Crippen LogP contribution is 2.41. The topological polar surface area (TPSA) is 59.4 Å². The molecule has 1 aliphatic heterocycles. The SMILES string of the molecule is CCc1ccc(-n2c(C)cc([C@H]3[C@@H](c4ccccn4)NC(=S)N3CCC(=O)OC)c2C)cc1. The molecule has 0 amide bonds. The van der Waals surface area contributed by atoms with Gasteiger partial charge in [-0.1, -0.05) is 25.1 Å². The minimum absolute atomic E-state index is 0.0908. The van der Waals surface area contributed by atoms with Crippen molar-refractivity contribution < 1.29 is 9.53 Å². The Balaban J connectivity index is 1.77. The number of rotatable bonds is 7. The number of aryl methyl sites for hydroxylation is 2. The van der Waals surface area contributed by atoms with Gasteiger partial charge in [-0.2, -0.15) is 0 Å². The van der Waals surface area contributed by atoms with E-state index >= 15 is 0 Å². The van der Waals surface area contributed by atoms with E-state index < -0.39 is 0 Å². The van der Waals surface area contributed by atoms with Crippen LogP contribution in [0.5, 0.6) is 0 Å². The second-order valence-electron chi connectivity index (χ2n) is 8.33. The fourth-order valence-corrected chi connectivity index (χ4v) is 5.00. The second-order valence-corrected chi connectivity index (χ2v) is 8.71. The lowest BCUT2D eigenvalue weighted by Crippen LogP contribution is -2.32. The summed E-state index contributed by atoms with van der Waals surface area (Å²) in [5, 5.41) is 4.08. The summed E-state index contributed by atoms with van der Waals surface area (Å²) in [4.78, 5) is 18.6. The Morgan fingerprint density at radius 1 is 1.18 bits per heavy atom. The van der Waals surface area contributed by atoms with Crippen molar-refractivity contribution in [2.45, 2.75) is 45.7 Å². The van der Waals surface area contributed by atoms with Crippen LogP contribution in [0.1, 0.15) is 53.6 Å². The van der Waals surface area contributed by atoms with Crippen LogP contribution in [0, 0.1) is 13.8 Å². The molecule has 0 unspecified atom stereocenters. The molecule has 2 atom stereocenters. The van der Waals surface area contributed by atoms with Crippen molar-refractivity contribution in [3.63, 3.8) is 0 Å². The summed E-state index contributed by atoms with van der Waals surface area (Å²) in [5.74, 6) is -0.251. The van der Waals surface area contributed by atoms with Gasteiger partial charge in [0.25, 0.3) is 0 Å². The summed E-state index contributed by atoms with van der Waals surface area (Å²) in [5.41, 5.74) is 6.84. The number of aromatic nitrogens is 2. The molecule has 33 heavy (non-hydrogen) atoms.